The Balaban J connectivity index is 0.00000312. The lowest BCUT2D eigenvalue weighted by atomic mass is 9.97. The molecule has 2 aliphatic heterocycles. The molecule has 0 saturated carbocycles. The maximum absolute atomic E-state index is 11.6. The first-order valence-corrected chi connectivity index (χ1v) is 9.39. The van der Waals surface area contributed by atoms with Crippen molar-refractivity contribution in [2.75, 3.05) is 53.4 Å². The van der Waals surface area contributed by atoms with E-state index in [4.69, 9.17) is 4.74 Å². The van der Waals surface area contributed by atoms with Crippen molar-refractivity contribution in [3.05, 3.63) is 0 Å². The molecule has 0 aliphatic carbocycles. The van der Waals surface area contributed by atoms with Gasteiger partial charge in [0, 0.05) is 26.7 Å². The van der Waals surface area contributed by atoms with Crippen LogP contribution in [0, 0.1) is 11.8 Å². The van der Waals surface area contributed by atoms with Gasteiger partial charge in [0.1, 0.15) is 0 Å². The summed E-state index contributed by atoms with van der Waals surface area (Å²) in [4.78, 5) is 20.8. The molecule has 25 heavy (non-hydrogen) atoms. The van der Waals surface area contributed by atoms with Crippen LogP contribution in [0.3, 0.4) is 0 Å². The molecule has 0 unspecified atom stereocenters. The number of esters is 1. The van der Waals surface area contributed by atoms with Gasteiger partial charge in [-0.05, 0) is 57.7 Å². The molecule has 0 aromatic carbocycles. The monoisotopic (exact) mass is 466 g/mol. The number of nitrogens with zero attached hydrogens (tertiary/aromatic N) is 3. The summed E-state index contributed by atoms with van der Waals surface area (Å²) in [6, 6.07) is 0. The number of hydrogen-bond acceptors (Lipinski definition) is 4. The van der Waals surface area contributed by atoms with Crippen molar-refractivity contribution in [1.82, 2.24) is 15.1 Å². The van der Waals surface area contributed by atoms with Crippen LogP contribution in [0.5, 0.6) is 0 Å². The second kappa shape index (κ2) is 11.9. The van der Waals surface area contributed by atoms with Gasteiger partial charge in [0.25, 0.3) is 0 Å². The number of hydrogen-bond donors (Lipinski definition) is 1. The van der Waals surface area contributed by atoms with E-state index < -0.39 is 0 Å². The van der Waals surface area contributed by atoms with Gasteiger partial charge in [-0.15, -0.1) is 24.0 Å². The van der Waals surface area contributed by atoms with Crippen LogP contribution in [0.15, 0.2) is 4.99 Å². The Morgan fingerprint density at radius 1 is 1.16 bits per heavy atom. The van der Waals surface area contributed by atoms with Crippen LogP contribution in [-0.2, 0) is 9.53 Å². The smallest absolute Gasteiger partial charge is 0.308 e. The summed E-state index contributed by atoms with van der Waals surface area (Å²) in [6.07, 6.45) is 5.51. The number of guanidine groups is 1. The lowest BCUT2D eigenvalue weighted by Gasteiger charge is -2.33. The number of likely N-dealkylation sites (tertiary alicyclic amines) is 2. The highest BCUT2D eigenvalue weighted by Crippen LogP contribution is 2.18. The Morgan fingerprint density at radius 3 is 2.36 bits per heavy atom. The average molecular weight is 466 g/mol. The summed E-state index contributed by atoms with van der Waals surface area (Å²) in [6.45, 7) is 8.70. The zero-order valence-corrected chi connectivity index (χ0v) is 18.3. The Bertz CT molecular complexity index is 417. The quantitative estimate of drug-likeness (QED) is 0.221. The van der Waals surface area contributed by atoms with Crippen molar-refractivity contribution >= 4 is 35.9 Å². The van der Waals surface area contributed by atoms with Crippen LogP contribution >= 0.6 is 24.0 Å². The number of ether oxygens (including phenoxy) is 1. The number of carbonyl (C=O) groups is 1. The van der Waals surface area contributed by atoms with Crippen molar-refractivity contribution in [1.29, 1.82) is 0 Å². The molecule has 0 aromatic heterocycles. The minimum absolute atomic E-state index is 0. The molecule has 2 aliphatic rings. The summed E-state index contributed by atoms with van der Waals surface area (Å²) >= 11 is 0. The Kier molecular flexibility index (Phi) is 10.7. The number of rotatable bonds is 5. The van der Waals surface area contributed by atoms with Crippen molar-refractivity contribution < 1.29 is 9.53 Å². The van der Waals surface area contributed by atoms with E-state index in [2.05, 4.69) is 27.0 Å². The molecular weight excluding hydrogens is 431 g/mol. The molecule has 0 atom stereocenters. The standard InChI is InChI=1S/C18H34N4O2.HI/c1-15-5-11-21(12-6-15)10-4-9-20-18(19-2)22-13-7-16(8-14-22)17(23)24-3;/h15-16H,4-14H2,1-3H3,(H,19,20);1H. The van der Waals surface area contributed by atoms with E-state index in [1.807, 2.05) is 7.05 Å². The van der Waals surface area contributed by atoms with E-state index in [1.54, 1.807) is 0 Å². The molecule has 2 rings (SSSR count). The fourth-order valence-corrected chi connectivity index (χ4v) is 3.61. The zero-order valence-electron chi connectivity index (χ0n) is 16.0. The first-order valence-electron chi connectivity index (χ1n) is 9.39. The van der Waals surface area contributed by atoms with Gasteiger partial charge in [-0.3, -0.25) is 9.79 Å². The Morgan fingerprint density at radius 2 is 1.80 bits per heavy atom. The van der Waals surface area contributed by atoms with Gasteiger partial charge >= 0.3 is 5.97 Å². The van der Waals surface area contributed by atoms with Crippen LogP contribution in [0.2, 0.25) is 0 Å². The van der Waals surface area contributed by atoms with Crippen LogP contribution in [0.25, 0.3) is 0 Å². The van der Waals surface area contributed by atoms with Gasteiger partial charge in [-0.25, -0.2) is 0 Å². The van der Waals surface area contributed by atoms with E-state index in [0.29, 0.717) is 0 Å². The number of nitrogens with one attached hydrogen (secondary N) is 1. The van der Waals surface area contributed by atoms with Gasteiger partial charge in [0.05, 0.1) is 13.0 Å². The van der Waals surface area contributed by atoms with E-state index in [9.17, 15) is 4.79 Å². The topological polar surface area (TPSA) is 57.2 Å². The van der Waals surface area contributed by atoms with E-state index in [-0.39, 0.29) is 35.9 Å². The largest absolute Gasteiger partial charge is 0.469 e. The fourth-order valence-electron chi connectivity index (χ4n) is 3.61. The number of methoxy groups -OCH3 is 1. The molecule has 0 radical (unpaired) electrons. The van der Waals surface area contributed by atoms with E-state index in [1.165, 1.54) is 39.6 Å². The predicted octanol–water partition coefficient (Wildman–Crippen LogP) is 2.19. The van der Waals surface area contributed by atoms with Crippen molar-refractivity contribution in [3.63, 3.8) is 0 Å². The van der Waals surface area contributed by atoms with Crippen LogP contribution in [0.4, 0.5) is 0 Å². The van der Waals surface area contributed by atoms with Gasteiger partial charge in [-0.2, -0.15) is 0 Å². The maximum atomic E-state index is 11.6. The third-order valence-corrected chi connectivity index (χ3v) is 5.35. The van der Waals surface area contributed by atoms with Crippen molar-refractivity contribution in [2.45, 2.75) is 39.0 Å². The molecule has 7 heteroatoms. The molecule has 6 nitrogen and oxygen atoms in total. The lowest BCUT2D eigenvalue weighted by molar-refractivity contribution is -0.146. The molecule has 2 fully saturated rings. The number of piperidine rings is 2. The van der Waals surface area contributed by atoms with E-state index in [0.717, 1.165) is 50.8 Å². The van der Waals surface area contributed by atoms with Gasteiger partial charge in [-0.1, -0.05) is 6.92 Å². The number of aliphatic imine (C=N–C) groups is 1. The lowest BCUT2D eigenvalue weighted by Crippen LogP contribution is -2.47. The second-order valence-corrected chi connectivity index (χ2v) is 7.14. The molecule has 1 N–H and O–H groups in total. The SMILES string of the molecule is CN=C(NCCCN1CCC(C)CC1)N1CCC(C(=O)OC)CC1.I. The minimum atomic E-state index is -0.0755. The molecule has 0 aromatic rings. The molecule has 2 heterocycles. The van der Waals surface area contributed by atoms with Crippen LogP contribution < -0.4 is 5.32 Å². The molecule has 0 spiro atoms. The normalized spacial score (nSPS) is 20.9. The predicted molar refractivity (Wildman–Crippen MR) is 113 cm³/mol. The first-order chi connectivity index (χ1) is 11.6. The van der Waals surface area contributed by atoms with Crippen molar-refractivity contribution in [2.24, 2.45) is 16.8 Å². The Hall–Kier alpha value is -0.570. The fraction of sp³-hybridized carbons (Fsp3) is 0.889. The molecule has 2 saturated heterocycles. The van der Waals surface area contributed by atoms with Gasteiger partial charge in [0.2, 0.25) is 0 Å². The third-order valence-electron chi connectivity index (χ3n) is 5.35. The minimum Gasteiger partial charge on any atom is -0.469 e. The van der Waals surface area contributed by atoms with E-state index >= 15 is 0 Å². The second-order valence-electron chi connectivity index (χ2n) is 7.14. The van der Waals surface area contributed by atoms with Gasteiger partial charge in [0.15, 0.2) is 5.96 Å². The third kappa shape index (κ3) is 7.29. The first kappa shape index (κ1) is 22.5. The number of carbonyl (C=O) groups excluding carboxylic acids is 1. The van der Waals surface area contributed by atoms with Crippen molar-refractivity contribution in [3.8, 4) is 0 Å². The summed E-state index contributed by atoms with van der Waals surface area (Å²) in [5.41, 5.74) is 0. The Labute approximate surface area is 169 Å². The van der Waals surface area contributed by atoms with Crippen LogP contribution in [-0.4, -0.2) is 75.2 Å². The number of halogens is 1. The summed E-state index contributed by atoms with van der Waals surface area (Å²) in [5, 5.41) is 3.48. The average Bonchev–Trinajstić information content (AvgIpc) is 2.63. The summed E-state index contributed by atoms with van der Waals surface area (Å²) in [7, 11) is 3.30. The molecule has 0 bridgehead atoms. The summed E-state index contributed by atoms with van der Waals surface area (Å²) < 4.78 is 4.85. The van der Waals surface area contributed by atoms with Crippen LogP contribution in [0.1, 0.15) is 39.0 Å². The highest BCUT2D eigenvalue weighted by atomic mass is 127. The molecule has 146 valence electrons. The van der Waals surface area contributed by atoms with Gasteiger partial charge < -0.3 is 19.9 Å². The summed E-state index contributed by atoms with van der Waals surface area (Å²) in [5.74, 6) is 1.83. The molecule has 0 amide bonds. The zero-order chi connectivity index (χ0) is 17.4. The highest BCUT2D eigenvalue weighted by Gasteiger charge is 2.26. The molecular formula is C18H35IN4O2. The maximum Gasteiger partial charge on any atom is 0.308 e. The highest BCUT2D eigenvalue weighted by molar-refractivity contribution is 14.0.